The molecule has 0 saturated heterocycles. The van der Waals surface area contributed by atoms with E-state index < -0.39 is 10.0 Å². The molecule has 106 valence electrons. The summed E-state index contributed by atoms with van der Waals surface area (Å²) >= 11 is 0. The Morgan fingerprint density at radius 1 is 1.32 bits per heavy atom. The highest BCUT2D eigenvalue weighted by molar-refractivity contribution is 7.89. The molecule has 0 aliphatic rings. The summed E-state index contributed by atoms with van der Waals surface area (Å²) in [5.41, 5.74) is 6.72. The molecule has 6 nitrogen and oxygen atoms in total. The molecule has 0 fully saturated rings. The summed E-state index contributed by atoms with van der Waals surface area (Å²) in [6, 6.07) is 4.54. The Morgan fingerprint density at radius 3 is 2.58 bits per heavy atom. The van der Waals surface area contributed by atoms with Crippen LogP contribution in [0.3, 0.4) is 0 Å². The van der Waals surface area contributed by atoms with Gasteiger partial charge in [-0.15, -0.1) is 0 Å². The first kappa shape index (κ1) is 15.5. The average Bonchev–Trinajstić information content (AvgIpc) is 2.32. The number of carbonyl (C=O) groups is 1. The lowest BCUT2D eigenvalue weighted by Gasteiger charge is -2.08. The maximum Gasteiger partial charge on any atom is 0.241 e. The zero-order valence-corrected chi connectivity index (χ0v) is 11.9. The smallest absolute Gasteiger partial charge is 0.241 e. The number of nitrogen functional groups attached to an aromatic ring is 1. The maximum absolute atomic E-state index is 12.0. The molecule has 1 amide bonds. The number of carbonyl (C=O) groups excluding carboxylic acids is 1. The minimum absolute atomic E-state index is 0.0632. The van der Waals surface area contributed by atoms with Crippen LogP contribution in [-0.4, -0.2) is 27.4 Å². The fraction of sp³-hybridized carbons (Fsp3) is 0.417. The maximum atomic E-state index is 12.0. The molecule has 0 heterocycles. The number of nitrogens with one attached hydrogen (secondary N) is 2. The predicted octanol–water partition coefficient (Wildman–Crippen LogP) is 0.382. The Balaban J connectivity index is 2.73. The number of aryl methyl sites for hydroxylation is 1. The monoisotopic (exact) mass is 285 g/mol. The van der Waals surface area contributed by atoms with E-state index in [-0.39, 0.29) is 17.3 Å². The van der Waals surface area contributed by atoms with Crippen LogP contribution in [0.4, 0.5) is 5.69 Å². The molecule has 19 heavy (non-hydrogen) atoms. The van der Waals surface area contributed by atoms with Gasteiger partial charge >= 0.3 is 0 Å². The fourth-order valence-electron chi connectivity index (χ4n) is 1.50. The Bertz CT molecular complexity index is 535. The van der Waals surface area contributed by atoms with E-state index in [2.05, 4.69) is 10.0 Å². The van der Waals surface area contributed by atoms with Gasteiger partial charge in [0.15, 0.2) is 0 Å². The van der Waals surface area contributed by atoms with E-state index in [0.717, 1.165) is 12.0 Å². The number of benzene rings is 1. The topological polar surface area (TPSA) is 101 Å². The number of rotatable bonds is 6. The second kappa shape index (κ2) is 6.53. The second-order valence-corrected chi connectivity index (χ2v) is 6.02. The van der Waals surface area contributed by atoms with Gasteiger partial charge < -0.3 is 11.1 Å². The van der Waals surface area contributed by atoms with Crippen molar-refractivity contribution in [1.82, 2.24) is 10.0 Å². The Kier molecular flexibility index (Phi) is 5.31. The van der Waals surface area contributed by atoms with Gasteiger partial charge in [-0.25, -0.2) is 13.1 Å². The van der Waals surface area contributed by atoms with Gasteiger partial charge in [0, 0.05) is 12.2 Å². The van der Waals surface area contributed by atoms with E-state index in [1.54, 1.807) is 13.0 Å². The summed E-state index contributed by atoms with van der Waals surface area (Å²) in [4.78, 5) is 11.4. The number of sulfonamides is 1. The van der Waals surface area contributed by atoms with Gasteiger partial charge in [0.25, 0.3) is 0 Å². The van der Waals surface area contributed by atoms with Crippen LogP contribution in [0.2, 0.25) is 0 Å². The molecule has 0 aliphatic carbocycles. The van der Waals surface area contributed by atoms with Crippen LogP contribution in [0.5, 0.6) is 0 Å². The zero-order chi connectivity index (χ0) is 14.5. The van der Waals surface area contributed by atoms with Gasteiger partial charge in [0.05, 0.1) is 11.4 Å². The Hall–Kier alpha value is -1.60. The molecule has 7 heteroatoms. The van der Waals surface area contributed by atoms with Gasteiger partial charge in [-0.3, -0.25) is 4.79 Å². The average molecular weight is 285 g/mol. The van der Waals surface area contributed by atoms with E-state index in [9.17, 15) is 13.2 Å². The summed E-state index contributed by atoms with van der Waals surface area (Å²) in [6.45, 7) is 3.91. The number of hydrogen-bond acceptors (Lipinski definition) is 4. The third-order valence-corrected chi connectivity index (χ3v) is 3.76. The Morgan fingerprint density at radius 2 is 2.00 bits per heavy atom. The van der Waals surface area contributed by atoms with Crippen molar-refractivity contribution in [1.29, 1.82) is 0 Å². The van der Waals surface area contributed by atoms with Crippen molar-refractivity contribution in [3.8, 4) is 0 Å². The van der Waals surface area contributed by atoms with Gasteiger partial charge in [-0.05, 0) is 37.1 Å². The minimum Gasteiger partial charge on any atom is -0.399 e. The lowest BCUT2D eigenvalue weighted by Crippen LogP contribution is -2.37. The highest BCUT2D eigenvalue weighted by Gasteiger charge is 2.16. The number of nitrogens with two attached hydrogens (primary N) is 1. The van der Waals surface area contributed by atoms with Gasteiger partial charge in [0.1, 0.15) is 0 Å². The molecule has 0 bridgehead atoms. The molecular formula is C12H19N3O3S. The van der Waals surface area contributed by atoms with Crippen molar-refractivity contribution in [2.45, 2.75) is 25.2 Å². The number of anilines is 1. The van der Waals surface area contributed by atoms with E-state index in [0.29, 0.717) is 12.2 Å². The molecule has 0 atom stereocenters. The first-order valence-corrected chi connectivity index (χ1v) is 7.47. The Labute approximate surface area is 113 Å². The van der Waals surface area contributed by atoms with Crippen LogP contribution in [0, 0.1) is 6.92 Å². The zero-order valence-electron chi connectivity index (χ0n) is 11.1. The van der Waals surface area contributed by atoms with Crippen molar-refractivity contribution in [2.75, 3.05) is 18.8 Å². The molecule has 1 aromatic rings. The van der Waals surface area contributed by atoms with Crippen molar-refractivity contribution >= 4 is 21.6 Å². The van der Waals surface area contributed by atoms with Crippen LogP contribution in [0.1, 0.15) is 18.9 Å². The van der Waals surface area contributed by atoms with E-state index in [1.165, 1.54) is 12.1 Å². The molecule has 0 unspecified atom stereocenters. The van der Waals surface area contributed by atoms with Crippen LogP contribution < -0.4 is 15.8 Å². The number of hydrogen-bond donors (Lipinski definition) is 3. The van der Waals surface area contributed by atoms with Crippen molar-refractivity contribution in [3.05, 3.63) is 23.8 Å². The molecule has 1 aromatic carbocycles. The summed E-state index contributed by atoms with van der Waals surface area (Å²) in [5, 5.41) is 2.59. The first-order chi connectivity index (χ1) is 8.85. The van der Waals surface area contributed by atoms with Gasteiger partial charge in [-0.2, -0.15) is 0 Å². The lowest BCUT2D eigenvalue weighted by molar-refractivity contribution is -0.119. The highest BCUT2D eigenvalue weighted by atomic mass is 32.2. The van der Waals surface area contributed by atoms with Gasteiger partial charge in [0.2, 0.25) is 15.9 Å². The normalized spacial score (nSPS) is 11.3. The third-order valence-electron chi connectivity index (χ3n) is 2.38. The summed E-state index contributed by atoms with van der Waals surface area (Å²) in [6.07, 6.45) is 0.799. The van der Waals surface area contributed by atoms with E-state index in [4.69, 9.17) is 5.73 Å². The molecular weight excluding hydrogens is 266 g/mol. The lowest BCUT2D eigenvalue weighted by atomic mass is 10.2. The largest absolute Gasteiger partial charge is 0.399 e. The van der Waals surface area contributed by atoms with Gasteiger partial charge in [-0.1, -0.05) is 6.92 Å². The van der Waals surface area contributed by atoms with Crippen molar-refractivity contribution < 1.29 is 13.2 Å². The van der Waals surface area contributed by atoms with Crippen molar-refractivity contribution in [2.24, 2.45) is 0 Å². The first-order valence-electron chi connectivity index (χ1n) is 5.98. The SMILES string of the molecule is CCCNC(=O)CNS(=O)(=O)c1cc(C)cc(N)c1. The molecule has 0 aromatic heterocycles. The standard InChI is InChI=1S/C12H19N3O3S/c1-3-4-14-12(16)8-15-19(17,18)11-6-9(2)5-10(13)7-11/h5-7,15H,3-4,8,13H2,1-2H3,(H,14,16). The van der Waals surface area contributed by atoms with E-state index in [1.807, 2.05) is 6.92 Å². The number of amides is 1. The molecule has 1 rings (SSSR count). The highest BCUT2D eigenvalue weighted by Crippen LogP contribution is 2.15. The summed E-state index contributed by atoms with van der Waals surface area (Å²) < 4.78 is 26.2. The van der Waals surface area contributed by atoms with Crippen LogP contribution in [0.15, 0.2) is 23.1 Å². The molecule has 0 aliphatic heterocycles. The fourth-order valence-corrected chi connectivity index (χ4v) is 2.62. The molecule has 4 N–H and O–H groups in total. The van der Waals surface area contributed by atoms with Crippen LogP contribution >= 0.6 is 0 Å². The second-order valence-electron chi connectivity index (χ2n) is 4.25. The van der Waals surface area contributed by atoms with E-state index >= 15 is 0 Å². The van der Waals surface area contributed by atoms with Crippen molar-refractivity contribution in [3.63, 3.8) is 0 Å². The minimum atomic E-state index is -3.72. The molecule has 0 radical (unpaired) electrons. The van der Waals surface area contributed by atoms with Crippen LogP contribution in [0.25, 0.3) is 0 Å². The summed E-state index contributed by atoms with van der Waals surface area (Å²) in [7, 11) is -3.72. The molecule has 0 saturated carbocycles. The quantitative estimate of drug-likeness (QED) is 0.658. The molecule has 0 spiro atoms. The van der Waals surface area contributed by atoms with Crippen LogP contribution in [-0.2, 0) is 14.8 Å². The summed E-state index contributed by atoms with van der Waals surface area (Å²) in [5.74, 6) is -0.356. The predicted molar refractivity (Wildman–Crippen MR) is 74.1 cm³/mol. The third kappa shape index (κ3) is 4.88.